The second kappa shape index (κ2) is 11.3. The molecule has 0 unspecified atom stereocenters. The molecule has 1 aliphatic heterocycles. The van der Waals surface area contributed by atoms with E-state index in [0.717, 1.165) is 55.8 Å². The van der Waals surface area contributed by atoms with E-state index in [1.165, 1.54) is 17.3 Å². The van der Waals surface area contributed by atoms with Crippen LogP contribution in [0.15, 0.2) is 60.0 Å². The van der Waals surface area contributed by atoms with Crippen LogP contribution in [0, 0.1) is 5.92 Å². The summed E-state index contributed by atoms with van der Waals surface area (Å²) in [6, 6.07) is 16.0. The second-order valence-corrected chi connectivity index (χ2v) is 9.40. The van der Waals surface area contributed by atoms with Crippen LogP contribution in [0.3, 0.4) is 0 Å². The van der Waals surface area contributed by atoms with Gasteiger partial charge < -0.3 is 11.1 Å². The molecule has 9 heteroatoms. The minimum atomic E-state index is -0.199. The van der Waals surface area contributed by atoms with E-state index in [1.807, 2.05) is 41.0 Å². The summed E-state index contributed by atoms with van der Waals surface area (Å²) in [5, 5.41) is 11.9. The number of anilines is 1. The molecule has 0 radical (unpaired) electrons. The molecule has 0 bridgehead atoms. The van der Waals surface area contributed by atoms with Crippen molar-refractivity contribution in [3.05, 3.63) is 66.0 Å². The summed E-state index contributed by atoms with van der Waals surface area (Å²) in [5.74, 6) is -0.0730. The van der Waals surface area contributed by atoms with E-state index in [-0.39, 0.29) is 23.5 Å². The molecule has 1 fully saturated rings. The van der Waals surface area contributed by atoms with E-state index in [9.17, 15) is 9.59 Å². The average molecular weight is 479 g/mol. The van der Waals surface area contributed by atoms with E-state index in [4.69, 9.17) is 5.73 Å². The van der Waals surface area contributed by atoms with E-state index in [1.54, 1.807) is 6.33 Å². The number of nitrogens with two attached hydrogens (primary N) is 1. The van der Waals surface area contributed by atoms with Gasteiger partial charge in [-0.25, -0.2) is 0 Å². The van der Waals surface area contributed by atoms with Crippen molar-refractivity contribution in [3.63, 3.8) is 0 Å². The number of carbonyl (C=O) groups excluding carboxylic acids is 2. The fraction of sp³-hybridized carbons (Fsp3) is 0.360. The number of aryl methyl sites for hydroxylation is 1. The lowest BCUT2D eigenvalue weighted by molar-refractivity contribution is -0.123. The highest BCUT2D eigenvalue weighted by Gasteiger charge is 2.23. The van der Waals surface area contributed by atoms with Crippen LogP contribution in [0.2, 0.25) is 0 Å². The first-order valence-corrected chi connectivity index (χ1v) is 12.5. The Morgan fingerprint density at radius 1 is 1.15 bits per heavy atom. The number of benzene rings is 2. The van der Waals surface area contributed by atoms with Gasteiger partial charge in [0.15, 0.2) is 5.16 Å². The van der Waals surface area contributed by atoms with Crippen molar-refractivity contribution < 1.29 is 9.59 Å². The number of aromatic nitrogens is 3. The summed E-state index contributed by atoms with van der Waals surface area (Å²) in [4.78, 5) is 26.3. The van der Waals surface area contributed by atoms with E-state index in [0.29, 0.717) is 5.16 Å². The van der Waals surface area contributed by atoms with Crippen LogP contribution in [0.25, 0.3) is 5.69 Å². The number of carbonyl (C=O) groups is 2. The van der Waals surface area contributed by atoms with E-state index in [2.05, 4.69) is 39.5 Å². The summed E-state index contributed by atoms with van der Waals surface area (Å²) in [6.45, 7) is 4.59. The number of amides is 2. The molecule has 3 aromatic rings. The van der Waals surface area contributed by atoms with Gasteiger partial charge >= 0.3 is 0 Å². The molecule has 34 heavy (non-hydrogen) atoms. The summed E-state index contributed by atoms with van der Waals surface area (Å²) in [6.07, 6.45) is 4.19. The maximum atomic E-state index is 12.6. The Balaban J connectivity index is 1.32. The molecule has 2 heterocycles. The molecule has 0 spiro atoms. The van der Waals surface area contributed by atoms with Crippen LogP contribution in [-0.2, 0) is 22.6 Å². The molecule has 2 aromatic carbocycles. The van der Waals surface area contributed by atoms with Gasteiger partial charge in [-0.3, -0.25) is 19.1 Å². The zero-order valence-electron chi connectivity index (χ0n) is 19.3. The lowest BCUT2D eigenvalue weighted by Crippen LogP contribution is -2.38. The van der Waals surface area contributed by atoms with Crippen molar-refractivity contribution in [1.29, 1.82) is 0 Å². The number of hydrogen-bond donors (Lipinski definition) is 2. The molecule has 1 saturated heterocycles. The van der Waals surface area contributed by atoms with Crippen molar-refractivity contribution in [2.75, 3.05) is 24.2 Å². The number of rotatable bonds is 9. The third kappa shape index (κ3) is 6.03. The minimum Gasteiger partial charge on any atom is -0.369 e. The van der Waals surface area contributed by atoms with Gasteiger partial charge in [0.1, 0.15) is 6.33 Å². The van der Waals surface area contributed by atoms with Crippen molar-refractivity contribution in [2.45, 2.75) is 37.9 Å². The van der Waals surface area contributed by atoms with Crippen molar-refractivity contribution in [3.8, 4) is 5.69 Å². The molecule has 0 saturated carbocycles. The lowest BCUT2D eigenvalue weighted by atomic mass is 9.96. The number of piperidine rings is 1. The Kier molecular flexibility index (Phi) is 7.97. The Morgan fingerprint density at radius 3 is 2.71 bits per heavy atom. The normalized spacial score (nSPS) is 14.7. The number of likely N-dealkylation sites (tertiary alicyclic amines) is 1. The molecule has 1 aromatic heterocycles. The largest absolute Gasteiger partial charge is 0.369 e. The SMILES string of the molecule is CCc1ccccc1-n1cnnc1SCC(=O)Nc1cccc(CN2CCC(C(N)=O)CC2)c1. The van der Waals surface area contributed by atoms with Gasteiger partial charge in [0.05, 0.1) is 11.4 Å². The number of nitrogens with one attached hydrogen (secondary N) is 1. The number of primary amides is 1. The van der Waals surface area contributed by atoms with Gasteiger partial charge in [0.25, 0.3) is 0 Å². The van der Waals surface area contributed by atoms with Gasteiger partial charge in [-0.15, -0.1) is 10.2 Å². The molecule has 1 aliphatic rings. The van der Waals surface area contributed by atoms with Crippen LogP contribution in [-0.4, -0.2) is 50.3 Å². The summed E-state index contributed by atoms with van der Waals surface area (Å²) >= 11 is 1.36. The maximum Gasteiger partial charge on any atom is 0.234 e. The topological polar surface area (TPSA) is 106 Å². The van der Waals surface area contributed by atoms with Gasteiger partial charge in [-0.05, 0) is 61.7 Å². The molecule has 4 rings (SSSR count). The number of thioether (sulfide) groups is 1. The monoisotopic (exact) mass is 478 g/mol. The molecular weight excluding hydrogens is 448 g/mol. The van der Waals surface area contributed by atoms with Crippen LogP contribution in [0.4, 0.5) is 5.69 Å². The van der Waals surface area contributed by atoms with Crippen LogP contribution in [0.1, 0.15) is 30.9 Å². The first-order valence-electron chi connectivity index (χ1n) is 11.5. The van der Waals surface area contributed by atoms with Gasteiger partial charge in [0.2, 0.25) is 11.8 Å². The highest BCUT2D eigenvalue weighted by atomic mass is 32.2. The second-order valence-electron chi connectivity index (χ2n) is 8.46. The van der Waals surface area contributed by atoms with Crippen molar-refractivity contribution in [2.24, 2.45) is 11.7 Å². The van der Waals surface area contributed by atoms with Crippen molar-refractivity contribution in [1.82, 2.24) is 19.7 Å². The van der Waals surface area contributed by atoms with Crippen LogP contribution >= 0.6 is 11.8 Å². The first-order chi connectivity index (χ1) is 16.5. The number of hydrogen-bond acceptors (Lipinski definition) is 6. The van der Waals surface area contributed by atoms with Gasteiger partial charge in [-0.2, -0.15) is 0 Å². The maximum absolute atomic E-state index is 12.6. The smallest absolute Gasteiger partial charge is 0.234 e. The Morgan fingerprint density at radius 2 is 1.94 bits per heavy atom. The average Bonchev–Trinajstić information content (AvgIpc) is 3.32. The highest BCUT2D eigenvalue weighted by Crippen LogP contribution is 2.23. The standard InChI is InChI=1S/C25H30N6O2S/c1-2-19-7-3-4-9-22(19)31-17-27-29-25(31)34-16-23(32)28-21-8-5-6-18(14-21)15-30-12-10-20(11-13-30)24(26)33/h3-9,14,17,20H,2,10-13,15-16H2,1H3,(H2,26,33)(H,28,32). The van der Waals surface area contributed by atoms with E-state index >= 15 is 0 Å². The number of nitrogens with zero attached hydrogens (tertiary/aromatic N) is 4. The van der Waals surface area contributed by atoms with E-state index < -0.39 is 0 Å². The summed E-state index contributed by atoms with van der Waals surface area (Å²) in [5.41, 5.74) is 9.56. The molecule has 8 nitrogen and oxygen atoms in total. The quantitative estimate of drug-likeness (QED) is 0.457. The third-order valence-electron chi connectivity index (χ3n) is 6.09. The Bertz CT molecular complexity index is 1140. The fourth-order valence-electron chi connectivity index (χ4n) is 4.24. The molecular formula is C25H30N6O2S. The molecule has 3 N–H and O–H groups in total. The van der Waals surface area contributed by atoms with Crippen LogP contribution < -0.4 is 11.1 Å². The molecule has 178 valence electrons. The Hall–Kier alpha value is -3.17. The third-order valence-corrected chi connectivity index (χ3v) is 7.03. The molecule has 0 atom stereocenters. The van der Waals surface area contributed by atoms with Crippen LogP contribution in [0.5, 0.6) is 0 Å². The summed E-state index contributed by atoms with van der Waals surface area (Å²) in [7, 11) is 0. The molecule has 2 amide bonds. The summed E-state index contributed by atoms with van der Waals surface area (Å²) < 4.78 is 1.93. The lowest BCUT2D eigenvalue weighted by Gasteiger charge is -2.30. The molecule has 0 aliphatic carbocycles. The predicted octanol–water partition coefficient (Wildman–Crippen LogP) is 3.26. The minimum absolute atomic E-state index is 0.0133. The van der Waals surface area contributed by atoms with Gasteiger partial charge in [-0.1, -0.05) is 49.0 Å². The highest BCUT2D eigenvalue weighted by molar-refractivity contribution is 7.99. The van der Waals surface area contributed by atoms with Crippen molar-refractivity contribution >= 4 is 29.3 Å². The Labute approximate surface area is 203 Å². The zero-order valence-corrected chi connectivity index (χ0v) is 20.1. The predicted molar refractivity (Wildman–Crippen MR) is 134 cm³/mol. The number of para-hydroxylation sites is 1. The zero-order chi connectivity index (χ0) is 23.9. The van der Waals surface area contributed by atoms with Gasteiger partial charge in [0, 0.05) is 18.2 Å². The fourth-order valence-corrected chi connectivity index (χ4v) is 4.96. The first kappa shape index (κ1) is 24.0.